The van der Waals surface area contributed by atoms with Crippen LogP contribution in [0.5, 0.6) is 0 Å². The highest BCUT2D eigenvalue weighted by molar-refractivity contribution is 7.16. The Morgan fingerprint density at radius 2 is 2.17 bits per heavy atom. The van der Waals surface area contributed by atoms with Gasteiger partial charge in [0.05, 0.1) is 5.56 Å². The van der Waals surface area contributed by atoms with E-state index in [2.05, 4.69) is 22.5 Å². The maximum Gasteiger partial charge on any atom is 0.256 e. The van der Waals surface area contributed by atoms with Crippen LogP contribution in [0.25, 0.3) is 0 Å². The number of halogens is 1. The number of amides is 1. The van der Waals surface area contributed by atoms with Crippen molar-refractivity contribution in [2.75, 3.05) is 18.4 Å². The molecule has 2 aromatic rings. The normalized spacial score (nSPS) is 20.4. The molecule has 1 aromatic carbocycles. The zero-order valence-electron chi connectivity index (χ0n) is 12.9. The number of carbonyl (C=O) groups excluding carboxylic acids is 1. The summed E-state index contributed by atoms with van der Waals surface area (Å²) in [5.74, 6) is -0.415. The van der Waals surface area contributed by atoms with Crippen molar-refractivity contribution < 1.29 is 9.18 Å². The highest BCUT2D eigenvalue weighted by Gasteiger charge is 2.33. The molecule has 2 N–H and O–H groups in total. The summed E-state index contributed by atoms with van der Waals surface area (Å²) >= 11 is 1.63. The van der Waals surface area contributed by atoms with Gasteiger partial charge in [-0.25, -0.2) is 4.39 Å². The predicted molar refractivity (Wildman–Crippen MR) is 89.2 cm³/mol. The van der Waals surface area contributed by atoms with E-state index < -0.39 is 6.17 Å². The first-order valence-corrected chi connectivity index (χ1v) is 8.67. The number of rotatable bonds is 2. The number of anilines is 1. The second-order valence-corrected chi connectivity index (χ2v) is 7.00. The van der Waals surface area contributed by atoms with Crippen molar-refractivity contribution >= 4 is 22.2 Å². The molecule has 6 heteroatoms. The molecule has 1 atom stereocenters. The molecule has 4 rings (SSSR count). The Morgan fingerprint density at radius 3 is 2.96 bits per heavy atom. The van der Waals surface area contributed by atoms with Crippen molar-refractivity contribution in [2.45, 2.75) is 26.1 Å². The Balaban J connectivity index is 1.69. The van der Waals surface area contributed by atoms with Crippen LogP contribution in [-0.2, 0) is 13.0 Å². The maximum atomic E-state index is 14.0. The minimum atomic E-state index is -0.515. The Bertz CT molecular complexity index is 773. The summed E-state index contributed by atoms with van der Waals surface area (Å²) in [6, 6.07) is 6.54. The molecule has 0 aliphatic carbocycles. The van der Waals surface area contributed by atoms with Gasteiger partial charge in [-0.1, -0.05) is 25.1 Å². The molecular weight excluding hydrogens is 313 g/mol. The number of hydrogen-bond acceptors (Lipinski definition) is 4. The quantitative estimate of drug-likeness (QED) is 0.889. The number of fused-ring (bicyclic) bond motifs is 3. The maximum absolute atomic E-state index is 14.0. The summed E-state index contributed by atoms with van der Waals surface area (Å²) < 4.78 is 14.0. The molecule has 0 saturated heterocycles. The first kappa shape index (κ1) is 14.7. The van der Waals surface area contributed by atoms with E-state index in [-0.39, 0.29) is 11.7 Å². The molecule has 4 nitrogen and oxygen atoms in total. The van der Waals surface area contributed by atoms with Crippen LogP contribution in [0.1, 0.15) is 39.5 Å². The summed E-state index contributed by atoms with van der Waals surface area (Å²) in [5, 5.41) is 7.06. The molecule has 0 saturated carbocycles. The Hall–Kier alpha value is -1.92. The van der Waals surface area contributed by atoms with Crippen LogP contribution in [0, 0.1) is 5.82 Å². The third-order valence-corrected chi connectivity index (χ3v) is 5.73. The van der Waals surface area contributed by atoms with Crippen LogP contribution < -0.4 is 10.6 Å². The van der Waals surface area contributed by atoms with E-state index in [1.54, 1.807) is 29.5 Å². The average Bonchev–Trinajstić information content (AvgIpc) is 2.92. The van der Waals surface area contributed by atoms with Gasteiger partial charge in [-0.05, 0) is 24.6 Å². The van der Waals surface area contributed by atoms with Gasteiger partial charge >= 0.3 is 0 Å². The molecule has 1 aromatic heterocycles. The van der Waals surface area contributed by atoms with E-state index in [0.29, 0.717) is 5.56 Å². The number of hydrogen-bond donors (Lipinski definition) is 2. The third kappa shape index (κ3) is 2.42. The van der Waals surface area contributed by atoms with Gasteiger partial charge in [0, 0.05) is 23.5 Å². The highest BCUT2D eigenvalue weighted by atomic mass is 32.1. The van der Waals surface area contributed by atoms with Gasteiger partial charge in [0.2, 0.25) is 0 Å². The second-order valence-electron chi connectivity index (χ2n) is 5.90. The molecule has 2 aliphatic heterocycles. The van der Waals surface area contributed by atoms with Gasteiger partial charge < -0.3 is 10.6 Å². The van der Waals surface area contributed by atoms with Gasteiger partial charge in [0.25, 0.3) is 5.91 Å². The average molecular weight is 331 g/mol. The summed E-state index contributed by atoms with van der Waals surface area (Å²) in [4.78, 5) is 16.2. The van der Waals surface area contributed by atoms with Gasteiger partial charge in [0.1, 0.15) is 17.0 Å². The molecule has 2 aliphatic rings. The molecule has 3 heterocycles. The van der Waals surface area contributed by atoms with Crippen LogP contribution in [0.4, 0.5) is 9.39 Å². The van der Waals surface area contributed by atoms with Crippen LogP contribution in [0.2, 0.25) is 0 Å². The fourth-order valence-corrected chi connectivity index (χ4v) is 4.62. The van der Waals surface area contributed by atoms with Gasteiger partial charge in [-0.2, -0.15) is 0 Å². The Labute approximate surface area is 138 Å². The van der Waals surface area contributed by atoms with E-state index in [4.69, 9.17) is 0 Å². The lowest BCUT2D eigenvalue weighted by Crippen LogP contribution is -2.39. The van der Waals surface area contributed by atoms with Gasteiger partial charge in [-0.3, -0.25) is 9.69 Å². The van der Waals surface area contributed by atoms with Crippen LogP contribution in [-0.4, -0.2) is 23.9 Å². The monoisotopic (exact) mass is 331 g/mol. The summed E-state index contributed by atoms with van der Waals surface area (Å²) in [7, 11) is 0. The highest BCUT2D eigenvalue weighted by Crippen LogP contribution is 2.40. The number of thiophene rings is 1. The van der Waals surface area contributed by atoms with Gasteiger partial charge in [-0.15, -0.1) is 11.3 Å². The molecule has 0 radical (unpaired) electrons. The smallest absolute Gasteiger partial charge is 0.256 e. The number of nitrogens with one attached hydrogen (secondary N) is 2. The van der Waals surface area contributed by atoms with Crippen LogP contribution in [0.3, 0.4) is 0 Å². The summed E-state index contributed by atoms with van der Waals surface area (Å²) in [5.41, 5.74) is 2.38. The minimum Gasteiger partial charge on any atom is -0.353 e. The molecular formula is C17H18FN3OS. The lowest BCUT2D eigenvalue weighted by Gasteiger charge is -2.28. The fraction of sp³-hybridized carbons (Fsp3) is 0.353. The Kier molecular flexibility index (Phi) is 3.58. The van der Waals surface area contributed by atoms with Gasteiger partial charge in [0.15, 0.2) is 0 Å². The standard InChI is InChI=1S/C17H18FN3OS/c1-2-21-8-7-11-13(9-21)23-17-14(11)16(22)19-15(20-17)10-5-3-4-6-12(10)18/h3-6,15,20H,2,7-9H2,1H3,(H,19,22)/t15-/m1/s1. The minimum absolute atomic E-state index is 0.102. The Morgan fingerprint density at radius 1 is 1.35 bits per heavy atom. The lowest BCUT2D eigenvalue weighted by molar-refractivity contribution is 0.0934. The van der Waals surface area contributed by atoms with Crippen molar-refractivity contribution in [2.24, 2.45) is 0 Å². The zero-order chi connectivity index (χ0) is 16.0. The van der Waals surface area contributed by atoms with E-state index in [9.17, 15) is 9.18 Å². The second kappa shape index (κ2) is 5.62. The van der Waals surface area contributed by atoms with E-state index in [1.165, 1.54) is 10.9 Å². The third-order valence-electron chi connectivity index (χ3n) is 4.58. The molecule has 23 heavy (non-hydrogen) atoms. The largest absolute Gasteiger partial charge is 0.353 e. The van der Waals surface area contributed by atoms with Crippen molar-refractivity contribution in [1.29, 1.82) is 0 Å². The van der Waals surface area contributed by atoms with Crippen molar-refractivity contribution in [3.63, 3.8) is 0 Å². The summed E-state index contributed by atoms with van der Waals surface area (Å²) in [6.07, 6.45) is 0.382. The van der Waals surface area contributed by atoms with Crippen molar-refractivity contribution in [1.82, 2.24) is 10.2 Å². The molecule has 0 spiro atoms. The lowest BCUT2D eigenvalue weighted by atomic mass is 10.0. The van der Waals surface area contributed by atoms with Crippen LogP contribution >= 0.6 is 11.3 Å². The van der Waals surface area contributed by atoms with Crippen LogP contribution in [0.15, 0.2) is 24.3 Å². The molecule has 120 valence electrons. The van der Waals surface area contributed by atoms with E-state index >= 15 is 0 Å². The summed E-state index contributed by atoms with van der Waals surface area (Å²) in [6.45, 7) is 5.04. The first-order valence-electron chi connectivity index (χ1n) is 7.86. The number of nitrogens with zero attached hydrogens (tertiary/aromatic N) is 1. The predicted octanol–water partition coefficient (Wildman–Crippen LogP) is 3.12. The fourth-order valence-electron chi connectivity index (χ4n) is 3.30. The number of likely N-dealkylation sites (N-methyl/N-ethyl adjacent to an activating group) is 1. The number of benzene rings is 1. The van der Waals surface area contributed by atoms with Crippen molar-refractivity contribution in [3.05, 3.63) is 51.7 Å². The first-order chi connectivity index (χ1) is 11.2. The molecule has 1 amide bonds. The topological polar surface area (TPSA) is 44.4 Å². The molecule has 0 unspecified atom stereocenters. The molecule has 0 bridgehead atoms. The van der Waals surface area contributed by atoms with E-state index in [0.717, 1.165) is 42.2 Å². The zero-order valence-corrected chi connectivity index (χ0v) is 13.7. The van der Waals surface area contributed by atoms with E-state index in [1.807, 2.05) is 0 Å². The van der Waals surface area contributed by atoms with Crippen molar-refractivity contribution in [3.8, 4) is 0 Å². The number of carbonyl (C=O) groups is 1. The SMILES string of the molecule is CCN1CCc2c(sc3c2C(=O)N[C@@H](c2ccccc2F)N3)C1. The molecule has 0 fully saturated rings.